The van der Waals surface area contributed by atoms with Crippen LogP contribution in [0.25, 0.3) is 0 Å². The number of carbonyl (C=O) groups is 1. The Balaban J connectivity index is 2.17. The van der Waals surface area contributed by atoms with E-state index < -0.39 is 0 Å². The Morgan fingerprint density at radius 2 is 1.94 bits per heavy atom. The van der Waals surface area contributed by atoms with E-state index in [1.54, 1.807) is 42.7 Å². The zero-order valence-corrected chi connectivity index (χ0v) is 9.55. The molecule has 1 aromatic heterocycles. The summed E-state index contributed by atoms with van der Waals surface area (Å²) in [5.41, 5.74) is 2.48. The Hall–Kier alpha value is -2.16. The first-order valence-corrected chi connectivity index (χ1v) is 5.38. The average molecular weight is 227 g/mol. The van der Waals surface area contributed by atoms with E-state index >= 15 is 0 Å². The van der Waals surface area contributed by atoms with Gasteiger partial charge in [0.15, 0.2) is 5.78 Å². The predicted molar refractivity (Wildman–Crippen MR) is 65.1 cm³/mol. The van der Waals surface area contributed by atoms with E-state index in [2.05, 4.69) is 4.98 Å². The first-order valence-electron chi connectivity index (χ1n) is 5.38. The number of aromatic hydroxyl groups is 1. The maximum absolute atomic E-state index is 12.0. The van der Waals surface area contributed by atoms with Crippen LogP contribution in [0.2, 0.25) is 0 Å². The lowest BCUT2D eigenvalue weighted by molar-refractivity contribution is 0.0992. The van der Waals surface area contributed by atoms with Crippen LogP contribution in [-0.2, 0) is 6.42 Å². The van der Waals surface area contributed by atoms with Gasteiger partial charge in [-0.1, -0.05) is 12.1 Å². The molecule has 3 heteroatoms. The summed E-state index contributed by atoms with van der Waals surface area (Å²) in [6.45, 7) is 1.87. The molecule has 1 heterocycles. The second-order valence-electron chi connectivity index (χ2n) is 3.96. The van der Waals surface area contributed by atoms with Gasteiger partial charge in [-0.25, -0.2) is 0 Å². The third-order valence-electron chi connectivity index (χ3n) is 2.62. The van der Waals surface area contributed by atoms with Crippen LogP contribution >= 0.6 is 0 Å². The first-order chi connectivity index (χ1) is 8.16. The summed E-state index contributed by atoms with van der Waals surface area (Å²) in [4.78, 5) is 16.0. The van der Waals surface area contributed by atoms with E-state index in [-0.39, 0.29) is 11.5 Å². The fourth-order valence-electron chi connectivity index (χ4n) is 1.68. The minimum absolute atomic E-state index is 0.0654. The smallest absolute Gasteiger partial charge is 0.167 e. The van der Waals surface area contributed by atoms with Crippen LogP contribution in [0.4, 0.5) is 0 Å². The summed E-state index contributed by atoms with van der Waals surface area (Å²) >= 11 is 0. The van der Waals surface area contributed by atoms with Crippen molar-refractivity contribution in [1.29, 1.82) is 0 Å². The number of phenolic OH excluding ortho intramolecular Hbond substituents is 1. The molecule has 0 aliphatic rings. The fraction of sp³-hybridized carbons (Fsp3) is 0.143. The highest BCUT2D eigenvalue weighted by Crippen LogP contribution is 2.13. The van der Waals surface area contributed by atoms with E-state index in [9.17, 15) is 4.79 Å². The van der Waals surface area contributed by atoms with Gasteiger partial charge in [-0.15, -0.1) is 0 Å². The van der Waals surface area contributed by atoms with Crippen molar-refractivity contribution in [3.8, 4) is 5.75 Å². The van der Waals surface area contributed by atoms with Crippen LogP contribution < -0.4 is 0 Å². The average Bonchev–Trinajstić information content (AvgIpc) is 2.32. The van der Waals surface area contributed by atoms with Gasteiger partial charge >= 0.3 is 0 Å². The minimum Gasteiger partial charge on any atom is -0.508 e. The second-order valence-corrected chi connectivity index (χ2v) is 3.96. The fourth-order valence-corrected chi connectivity index (χ4v) is 1.68. The largest absolute Gasteiger partial charge is 0.508 e. The van der Waals surface area contributed by atoms with Crippen LogP contribution in [0.3, 0.4) is 0 Å². The van der Waals surface area contributed by atoms with Gasteiger partial charge in [0, 0.05) is 24.4 Å². The molecule has 0 spiro atoms. The predicted octanol–water partition coefficient (Wildman–Crippen LogP) is 2.52. The molecule has 0 unspecified atom stereocenters. The van der Waals surface area contributed by atoms with Crippen LogP contribution in [0.1, 0.15) is 21.5 Å². The van der Waals surface area contributed by atoms with Crippen molar-refractivity contribution in [2.24, 2.45) is 0 Å². The Bertz CT molecular complexity index is 532. The van der Waals surface area contributed by atoms with Crippen molar-refractivity contribution in [2.75, 3.05) is 0 Å². The molecular formula is C14H13NO2. The number of nitrogens with zero attached hydrogens (tertiary/aromatic N) is 1. The van der Waals surface area contributed by atoms with Crippen molar-refractivity contribution in [3.63, 3.8) is 0 Å². The molecule has 0 aliphatic heterocycles. The quantitative estimate of drug-likeness (QED) is 0.820. The number of hydrogen-bond acceptors (Lipinski definition) is 3. The van der Waals surface area contributed by atoms with Gasteiger partial charge in [0.05, 0.1) is 0 Å². The van der Waals surface area contributed by atoms with Gasteiger partial charge in [-0.05, 0) is 36.2 Å². The number of aromatic nitrogens is 1. The number of ketones is 1. The second kappa shape index (κ2) is 4.78. The Labute approximate surface area is 99.8 Å². The molecule has 2 aromatic rings. The number of aryl methyl sites for hydroxylation is 1. The van der Waals surface area contributed by atoms with E-state index in [1.807, 2.05) is 6.92 Å². The van der Waals surface area contributed by atoms with E-state index in [0.717, 1.165) is 11.1 Å². The molecule has 17 heavy (non-hydrogen) atoms. The van der Waals surface area contributed by atoms with Crippen molar-refractivity contribution in [1.82, 2.24) is 4.98 Å². The third-order valence-corrected chi connectivity index (χ3v) is 2.62. The van der Waals surface area contributed by atoms with Crippen LogP contribution in [0.15, 0.2) is 42.7 Å². The maximum Gasteiger partial charge on any atom is 0.167 e. The molecule has 0 saturated heterocycles. The summed E-state index contributed by atoms with van der Waals surface area (Å²) in [5.74, 6) is 0.275. The van der Waals surface area contributed by atoms with Crippen LogP contribution in [-0.4, -0.2) is 15.9 Å². The topological polar surface area (TPSA) is 50.2 Å². The first kappa shape index (κ1) is 11.3. The maximum atomic E-state index is 12.0. The molecule has 1 N–H and O–H groups in total. The zero-order chi connectivity index (χ0) is 12.3. The molecule has 0 amide bonds. The molecule has 0 radical (unpaired) electrons. The lowest BCUT2D eigenvalue weighted by Crippen LogP contribution is -2.05. The third kappa shape index (κ3) is 2.69. The molecule has 1 aromatic carbocycles. The van der Waals surface area contributed by atoms with E-state index in [1.165, 1.54) is 0 Å². The Morgan fingerprint density at radius 3 is 2.59 bits per heavy atom. The lowest BCUT2D eigenvalue weighted by Gasteiger charge is -2.04. The standard InChI is InChI=1S/C14H13NO2/c1-10-9-15-7-6-13(10)14(17)8-11-2-4-12(16)5-3-11/h2-7,9,16H,8H2,1H3. The molecule has 0 atom stereocenters. The summed E-state index contributed by atoms with van der Waals surface area (Å²) in [5, 5.41) is 9.16. The van der Waals surface area contributed by atoms with Gasteiger partial charge in [0.25, 0.3) is 0 Å². The molecule has 2 rings (SSSR count). The number of rotatable bonds is 3. The van der Waals surface area contributed by atoms with Crippen LogP contribution in [0.5, 0.6) is 5.75 Å². The van der Waals surface area contributed by atoms with Gasteiger partial charge in [-0.3, -0.25) is 9.78 Å². The number of pyridine rings is 1. The van der Waals surface area contributed by atoms with Crippen molar-refractivity contribution >= 4 is 5.78 Å². The summed E-state index contributed by atoms with van der Waals surface area (Å²) in [6, 6.07) is 8.41. The van der Waals surface area contributed by atoms with Crippen molar-refractivity contribution < 1.29 is 9.90 Å². The Morgan fingerprint density at radius 1 is 1.24 bits per heavy atom. The van der Waals surface area contributed by atoms with Gasteiger partial charge in [0.2, 0.25) is 0 Å². The highest BCUT2D eigenvalue weighted by atomic mass is 16.3. The summed E-state index contributed by atoms with van der Waals surface area (Å²) < 4.78 is 0. The molecule has 0 bridgehead atoms. The Kier molecular flexibility index (Phi) is 3.19. The number of benzene rings is 1. The molecule has 3 nitrogen and oxygen atoms in total. The minimum atomic E-state index is 0.0654. The van der Waals surface area contributed by atoms with Crippen molar-refractivity contribution in [3.05, 3.63) is 59.4 Å². The molecule has 0 aliphatic carbocycles. The molecule has 0 fully saturated rings. The highest BCUT2D eigenvalue weighted by molar-refractivity contribution is 5.98. The number of Topliss-reactive ketones (excluding diaryl/α,β-unsaturated/α-hetero) is 1. The molecule has 86 valence electrons. The van der Waals surface area contributed by atoms with Gasteiger partial charge in [0.1, 0.15) is 5.75 Å². The highest BCUT2D eigenvalue weighted by Gasteiger charge is 2.09. The number of phenols is 1. The summed E-state index contributed by atoms with van der Waals surface area (Å²) in [6.07, 6.45) is 3.65. The van der Waals surface area contributed by atoms with E-state index in [0.29, 0.717) is 12.0 Å². The van der Waals surface area contributed by atoms with E-state index in [4.69, 9.17) is 5.11 Å². The van der Waals surface area contributed by atoms with Crippen LogP contribution in [0, 0.1) is 6.92 Å². The lowest BCUT2D eigenvalue weighted by atomic mass is 10.0. The SMILES string of the molecule is Cc1cnccc1C(=O)Cc1ccc(O)cc1. The normalized spacial score (nSPS) is 10.2. The monoisotopic (exact) mass is 227 g/mol. The van der Waals surface area contributed by atoms with Gasteiger partial charge < -0.3 is 5.11 Å². The molecular weight excluding hydrogens is 214 g/mol. The van der Waals surface area contributed by atoms with Crippen molar-refractivity contribution in [2.45, 2.75) is 13.3 Å². The molecule has 0 saturated carbocycles. The number of hydrogen-bond donors (Lipinski definition) is 1. The number of carbonyl (C=O) groups excluding carboxylic acids is 1. The van der Waals surface area contributed by atoms with Gasteiger partial charge in [-0.2, -0.15) is 0 Å². The summed E-state index contributed by atoms with van der Waals surface area (Å²) in [7, 11) is 0. The zero-order valence-electron chi connectivity index (χ0n) is 9.55.